The SMILES string of the molecule is CCCn1ccnc1CC(=O)CNC. The minimum Gasteiger partial charge on any atom is -0.335 e. The van der Waals surface area contributed by atoms with Crippen LogP contribution in [0.25, 0.3) is 0 Å². The first-order valence-electron chi connectivity index (χ1n) is 4.94. The minimum atomic E-state index is 0.177. The molecule has 0 spiro atoms. The summed E-state index contributed by atoms with van der Waals surface area (Å²) in [7, 11) is 1.77. The molecule has 14 heavy (non-hydrogen) atoms. The molecule has 0 saturated heterocycles. The highest BCUT2D eigenvalue weighted by Crippen LogP contribution is 2.00. The summed E-state index contributed by atoms with van der Waals surface area (Å²) < 4.78 is 2.04. The Labute approximate surface area is 84.3 Å². The molecule has 0 radical (unpaired) electrons. The quantitative estimate of drug-likeness (QED) is 0.724. The number of ketones is 1. The van der Waals surface area contributed by atoms with E-state index >= 15 is 0 Å². The van der Waals surface area contributed by atoms with Gasteiger partial charge in [0, 0.05) is 18.9 Å². The Hall–Kier alpha value is -1.16. The van der Waals surface area contributed by atoms with Crippen molar-refractivity contribution in [3.05, 3.63) is 18.2 Å². The monoisotopic (exact) mass is 195 g/mol. The van der Waals surface area contributed by atoms with Crippen molar-refractivity contribution in [3.63, 3.8) is 0 Å². The number of nitrogens with one attached hydrogen (secondary N) is 1. The first-order valence-corrected chi connectivity index (χ1v) is 4.94. The van der Waals surface area contributed by atoms with Gasteiger partial charge < -0.3 is 9.88 Å². The van der Waals surface area contributed by atoms with E-state index in [1.807, 2.05) is 10.8 Å². The number of likely N-dealkylation sites (N-methyl/N-ethyl adjacent to an activating group) is 1. The van der Waals surface area contributed by atoms with Gasteiger partial charge in [0.2, 0.25) is 0 Å². The highest BCUT2D eigenvalue weighted by molar-refractivity contribution is 5.82. The zero-order valence-corrected chi connectivity index (χ0v) is 8.79. The molecule has 0 saturated carbocycles. The van der Waals surface area contributed by atoms with Crippen LogP contribution in [0.4, 0.5) is 0 Å². The standard InChI is InChI=1S/C10H17N3O/c1-3-5-13-6-4-12-10(13)7-9(14)8-11-2/h4,6,11H,3,5,7-8H2,1-2H3. The van der Waals surface area contributed by atoms with Crippen LogP contribution in [0.1, 0.15) is 19.2 Å². The molecule has 0 aliphatic heterocycles. The van der Waals surface area contributed by atoms with Crippen LogP contribution in [0.5, 0.6) is 0 Å². The predicted molar refractivity (Wildman–Crippen MR) is 55.2 cm³/mol. The molecule has 1 aromatic heterocycles. The number of imidazole rings is 1. The van der Waals surface area contributed by atoms with Crippen LogP contribution in [-0.2, 0) is 17.8 Å². The van der Waals surface area contributed by atoms with Gasteiger partial charge in [0.25, 0.3) is 0 Å². The number of rotatable bonds is 6. The average Bonchev–Trinajstić information content (AvgIpc) is 2.54. The zero-order chi connectivity index (χ0) is 10.4. The minimum absolute atomic E-state index is 0.177. The Balaban J connectivity index is 2.56. The van der Waals surface area contributed by atoms with Gasteiger partial charge in [0.1, 0.15) is 5.82 Å². The lowest BCUT2D eigenvalue weighted by Crippen LogP contribution is -2.21. The fourth-order valence-corrected chi connectivity index (χ4v) is 1.39. The molecule has 1 rings (SSSR count). The van der Waals surface area contributed by atoms with Gasteiger partial charge in [-0.3, -0.25) is 4.79 Å². The Morgan fingerprint density at radius 2 is 2.43 bits per heavy atom. The van der Waals surface area contributed by atoms with Gasteiger partial charge in [-0.15, -0.1) is 0 Å². The van der Waals surface area contributed by atoms with Crippen LogP contribution >= 0.6 is 0 Å². The number of nitrogens with zero attached hydrogens (tertiary/aromatic N) is 2. The number of aromatic nitrogens is 2. The Morgan fingerprint density at radius 3 is 3.07 bits per heavy atom. The number of carbonyl (C=O) groups is 1. The fraction of sp³-hybridized carbons (Fsp3) is 0.600. The van der Waals surface area contributed by atoms with Crippen LogP contribution in [0.15, 0.2) is 12.4 Å². The van der Waals surface area contributed by atoms with Gasteiger partial charge in [-0.2, -0.15) is 0 Å². The first kappa shape index (κ1) is 10.9. The van der Waals surface area contributed by atoms with Gasteiger partial charge in [-0.05, 0) is 13.5 Å². The van der Waals surface area contributed by atoms with E-state index in [9.17, 15) is 4.79 Å². The van der Waals surface area contributed by atoms with Crippen molar-refractivity contribution in [1.82, 2.24) is 14.9 Å². The van der Waals surface area contributed by atoms with Crippen LogP contribution in [0, 0.1) is 0 Å². The number of hydrogen-bond donors (Lipinski definition) is 1. The normalized spacial score (nSPS) is 10.4. The van der Waals surface area contributed by atoms with Crippen molar-refractivity contribution >= 4 is 5.78 Å². The highest BCUT2D eigenvalue weighted by atomic mass is 16.1. The third-order valence-electron chi connectivity index (χ3n) is 2.00. The maximum atomic E-state index is 11.4. The topological polar surface area (TPSA) is 46.9 Å². The van der Waals surface area contributed by atoms with Crippen molar-refractivity contribution in [2.75, 3.05) is 13.6 Å². The summed E-state index contributed by atoms with van der Waals surface area (Å²) in [5.41, 5.74) is 0. The van der Waals surface area contributed by atoms with Crippen LogP contribution in [-0.4, -0.2) is 28.9 Å². The molecular formula is C10H17N3O. The maximum Gasteiger partial charge on any atom is 0.154 e. The first-order chi connectivity index (χ1) is 6.77. The Bertz CT molecular complexity index is 293. The zero-order valence-electron chi connectivity index (χ0n) is 8.79. The third-order valence-corrected chi connectivity index (χ3v) is 2.00. The van der Waals surface area contributed by atoms with Crippen molar-refractivity contribution in [3.8, 4) is 0 Å². The summed E-state index contributed by atoms with van der Waals surface area (Å²) in [5, 5.41) is 2.84. The molecule has 0 atom stereocenters. The molecule has 0 bridgehead atoms. The van der Waals surface area contributed by atoms with Gasteiger partial charge in [0.15, 0.2) is 5.78 Å². The van der Waals surface area contributed by atoms with Crippen molar-refractivity contribution in [1.29, 1.82) is 0 Å². The number of Topliss-reactive ketones (excluding diaryl/α,β-unsaturated/α-hetero) is 1. The van der Waals surface area contributed by atoms with Gasteiger partial charge in [0.05, 0.1) is 13.0 Å². The summed E-state index contributed by atoms with van der Waals surface area (Å²) in [6.07, 6.45) is 5.15. The maximum absolute atomic E-state index is 11.4. The van der Waals surface area contributed by atoms with Gasteiger partial charge >= 0.3 is 0 Å². The third kappa shape index (κ3) is 2.96. The smallest absolute Gasteiger partial charge is 0.154 e. The molecule has 4 heteroatoms. The lowest BCUT2D eigenvalue weighted by Gasteiger charge is -2.05. The van der Waals surface area contributed by atoms with E-state index in [0.29, 0.717) is 13.0 Å². The highest BCUT2D eigenvalue weighted by Gasteiger charge is 2.07. The second-order valence-corrected chi connectivity index (χ2v) is 3.28. The second kappa shape index (κ2) is 5.54. The lowest BCUT2D eigenvalue weighted by molar-refractivity contribution is -0.117. The number of carbonyl (C=O) groups excluding carboxylic acids is 1. The van der Waals surface area contributed by atoms with E-state index < -0.39 is 0 Å². The van der Waals surface area contributed by atoms with Crippen LogP contribution in [0.3, 0.4) is 0 Å². The molecule has 0 aromatic carbocycles. The average molecular weight is 195 g/mol. The van der Waals surface area contributed by atoms with Crippen molar-refractivity contribution in [2.24, 2.45) is 0 Å². The van der Waals surface area contributed by atoms with Gasteiger partial charge in [-0.25, -0.2) is 4.98 Å². The van der Waals surface area contributed by atoms with E-state index in [1.54, 1.807) is 13.2 Å². The van der Waals surface area contributed by atoms with Crippen molar-refractivity contribution < 1.29 is 4.79 Å². The Morgan fingerprint density at radius 1 is 1.64 bits per heavy atom. The van der Waals surface area contributed by atoms with E-state index in [-0.39, 0.29) is 5.78 Å². The van der Waals surface area contributed by atoms with E-state index in [2.05, 4.69) is 17.2 Å². The molecule has 0 fully saturated rings. The Kier molecular flexibility index (Phi) is 4.32. The molecule has 4 nitrogen and oxygen atoms in total. The summed E-state index contributed by atoms with van der Waals surface area (Å²) in [6.45, 7) is 3.46. The molecular weight excluding hydrogens is 178 g/mol. The summed E-state index contributed by atoms with van der Waals surface area (Å²) in [4.78, 5) is 15.5. The number of aryl methyl sites for hydroxylation is 1. The van der Waals surface area contributed by atoms with Crippen molar-refractivity contribution in [2.45, 2.75) is 26.3 Å². The molecule has 0 aliphatic carbocycles. The summed E-state index contributed by atoms with van der Waals surface area (Å²) >= 11 is 0. The lowest BCUT2D eigenvalue weighted by atomic mass is 10.2. The molecule has 0 aliphatic rings. The summed E-state index contributed by atoms with van der Waals surface area (Å²) in [6, 6.07) is 0. The van der Waals surface area contributed by atoms with E-state index in [4.69, 9.17) is 0 Å². The van der Waals surface area contributed by atoms with E-state index in [1.165, 1.54) is 0 Å². The molecule has 1 N–H and O–H groups in total. The van der Waals surface area contributed by atoms with Crippen LogP contribution < -0.4 is 5.32 Å². The fourth-order valence-electron chi connectivity index (χ4n) is 1.39. The molecule has 1 heterocycles. The second-order valence-electron chi connectivity index (χ2n) is 3.28. The van der Waals surface area contributed by atoms with E-state index in [0.717, 1.165) is 18.8 Å². The predicted octanol–water partition coefficient (Wildman–Crippen LogP) is 0.624. The molecule has 1 aromatic rings. The van der Waals surface area contributed by atoms with Gasteiger partial charge in [-0.1, -0.05) is 6.92 Å². The largest absolute Gasteiger partial charge is 0.335 e. The van der Waals surface area contributed by atoms with Crippen LogP contribution in [0.2, 0.25) is 0 Å². The number of hydrogen-bond acceptors (Lipinski definition) is 3. The summed E-state index contributed by atoms with van der Waals surface area (Å²) in [5.74, 6) is 1.04. The molecule has 78 valence electrons. The molecule has 0 amide bonds. The molecule has 0 unspecified atom stereocenters.